The van der Waals surface area contributed by atoms with E-state index < -0.39 is 0 Å². The molecule has 0 bridgehead atoms. The van der Waals surface area contributed by atoms with Crippen molar-refractivity contribution >= 4 is 5.69 Å². The average molecular weight is 222 g/mol. The van der Waals surface area contributed by atoms with Gasteiger partial charge in [-0.25, -0.2) is 0 Å². The summed E-state index contributed by atoms with van der Waals surface area (Å²) in [5, 5.41) is 3.15. The predicted octanol–water partition coefficient (Wildman–Crippen LogP) is 1.91. The van der Waals surface area contributed by atoms with Crippen LogP contribution < -0.4 is 15.0 Å². The van der Waals surface area contributed by atoms with Crippen LogP contribution in [0.1, 0.15) is 12.5 Å². The minimum Gasteiger partial charge on any atom is -0.495 e. The Labute approximate surface area is 98.4 Å². The van der Waals surface area contributed by atoms with E-state index in [9.17, 15) is 0 Å². The van der Waals surface area contributed by atoms with Crippen LogP contribution in [0.25, 0.3) is 0 Å². The number of likely N-dealkylation sites (N-methyl/N-ethyl adjacent to an activating group) is 2. The Morgan fingerprint density at radius 3 is 2.69 bits per heavy atom. The van der Waals surface area contributed by atoms with Gasteiger partial charge in [0.1, 0.15) is 5.75 Å². The zero-order valence-corrected chi connectivity index (χ0v) is 10.7. The molecule has 0 heterocycles. The number of anilines is 1. The maximum Gasteiger partial charge on any atom is 0.142 e. The highest BCUT2D eigenvalue weighted by atomic mass is 16.5. The summed E-state index contributed by atoms with van der Waals surface area (Å²) in [6.45, 7) is 4.11. The van der Waals surface area contributed by atoms with Crippen LogP contribution in [-0.4, -0.2) is 34.3 Å². The zero-order chi connectivity index (χ0) is 12.0. The Bertz CT molecular complexity index is 326. The van der Waals surface area contributed by atoms with Gasteiger partial charge >= 0.3 is 0 Å². The zero-order valence-electron chi connectivity index (χ0n) is 10.7. The number of nitrogens with zero attached hydrogens (tertiary/aromatic N) is 1. The number of methoxy groups -OCH3 is 1. The summed E-state index contributed by atoms with van der Waals surface area (Å²) in [6, 6.07) is 6.37. The molecular formula is C13H22N2O. The maximum atomic E-state index is 5.38. The normalized spacial score (nSPS) is 10.2. The lowest BCUT2D eigenvalue weighted by Crippen LogP contribution is -2.27. The second kappa shape index (κ2) is 6.38. The number of ether oxygens (including phenoxy) is 1. The van der Waals surface area contributed by atoms with Crippen molar-refractivity contribution in [3.05, 3.63) is 23.8 Å². The molecule has 0 radical (unpaired) electrons. The van der Waals surface area contributed by atoms with Gasteiger partial charge in [-0.1, -0.05) is 13.0 Å². The highest BCUT2D eigenvalue weighted by molar-refractivity contribution is 5.59. The molecule has 1 aromatic rings. The van der Waals surface area contributed by atoms with E-state index in [4.69, 9.17) is 4.74 Å². The fourth-order valence-electron chi connectivity index (χ4n) is 1.65. The van der Waals surface area contributed by atoms with Gasteiger partial charge in [0.2, 0.25) is 0 Å². The van der Waals surface area contributed by atoms with E-state index >= 15 is 0 Å². The fraction of sp³-hybridized carbons (Fsp3) is 0.538. The number of aryl methyl sites for hydroxylation is 1. The number of nitrogens with one attached hydrogen (secondary N) is 1. The first-order chi connectivity index (χ1) is 7.72. The van der Waals surface area contributed by atoms with Gasteiger partial charge in [-0.05, 0) is 31.2 Å². The lowest BCUT2D eigenvalue weighted by atomic mass is 10.1. The Morgan fingerprint density at radius 1 is 1.38 bits per heavy atom. The number of benzene rings is 1. The smallest absolute Gasteiger partial charge is 0.142 e. The lowest BCUT2D eigenvalue weighted by Gasteiger charge is -2.22. The van der Waals surface area contributed by atoms with E-state index in [-0.39, 0.29) is 0 Å². The summed E-state index contributed by atoms with van der Waals surface area (Å²) in [4.78, 5) is 2.22. The molecule has 1 rings (SSSR count). The van der Waals surface area contributed by atoms with Crippen LogP contribution in [0.4, 0.5) is 5.69 Å². The van der Waals surface area contributed by atoms with Crippen molar-refractivity contribution in [3.63, 3.8) is 0 Å². The quantitative estimate of drug-likeness (QED) is 0.796. The third-order valence-corrected chi connectivity index (χ3v) is 2.76. The third kappa shape index (κ3) is 3.14. The number of hydrogen-bond donors (Lipinski definition) is 1. The summed E-state index contributed by atoms with van der Waals surface area (Å²) in [5.41, 5.74) is 2.50. The van der Waals surface area contributed by atoms with Crippen molar-refractivity contribution in [2.75, 3.05) is 39.2 Å². The molecule has 16 heavy (non-hydrogen) atoms. The molecule has 0 saturated heterocycles. The van der Waals surface area contributed by atoms with Crippen LogP contribution in [0.2, 0.25) is 0 Å². The molecule has 0 aliphatic rings. The van der Waals surface area contributed by atoms with E-state index in [0.29, 0.717) is 0 Å². The van der Waals surface area contributed by atoms with Gasteiger partial charge in [-0.15, -0.1) is 0 Å². The summed E-state index contributed by atoms with van der Waals surface area (Å²) < 4.78 is 5.38. The lowest BCUT2D eigenvalue weighted by molar-refractivity contribution is 0.414. The van der Waals surface area contributed by atoms with Crippen molar-refractivity contribution in [2.45, 2.75) is 13.3 Å². The average Bonchev–Trinajstić information content (AvgIpc) is 2.35. The maximum absolute atomic E-state index is 5.38. The van der Waals surface area contributed by atoms with Crippen molar-refractivity contribution in [1.82, 2.24) is 5.32 Å². The van der Waals surface area contributed by atoms with Crippen molar-refractivity contribution in [3.8, 4) is 5.75 Å². The highest BCUT2D eigenvalue weighted by Gasteiger charge is 2.08. The predicted molar refractivity (Wildman–Crippen MR) is 69.6 cm³/mol. The first-order valence-electron chi connectivity index (χ1n) is 5.75. The Kier molecular flexibility index (Phi) is 5.12. The molecule has 0 spiro atoms. The van der Waals surface area contributed by atoms with Gasteiger partial charge in [-0.2, -0.15) is 0 Å². The summed E-state index contributed by atoms with van der Waals surface area (Å²) in [6.07, 6.45) is 1.05. The summed E-state index contributed by atoms with van der Waals surface area (Å²) >= 11 is 0. The monoisotopic (exact) mass is 222 g/mol. The molecule has 0 atom stereocenters. The van der Waals surface area contributed by atoms with Gasteiger partial charge in [0.05, 0.1) is 12.8 Å². The van der Waals surface area contributed by atoms with E-state index in [1.54, 1.807) is 7.11 Å². The van der Waals surface area contributed by atoms with E-state index in [1.807, 2.05) is 13.1 Å². The Hall–Kier alpha value is -1.22. The minimum absolute atomic E-state index is 0.941. The summed E-state index contributed by atoms with van der Waals surface area (Å²) in [7, 11) is 5.78. The van der Waals surface area contributed by atoms with Crippen molar-refractivity contribution in [1.29, 1.82) is 0 Å². The SMILES string of the molecule is CCc1ccc(OC)c(N(C)CCNC)c1. The fourth-order valence-corrected chi connectivity index (χ4v) is 1.65. The molecule has 0 aromatic heterocycles. The molecule has 0 aliphatic carbocycles. The van der Waals surface area contributed by atoms with Gasteiger partial charge in [-0.3, -0.25) is 0 Å². The number of hydrogen-bond acceptors (Lipinski definition) is 3. The van der Waals surface area contributed by atoms with E-state index in [1.165, 1.54) is 5.56 Å². The molecule has 0 fully saturated rings. The van der Waals surface area contributed by atoms with Gasteiger partial charge in [0.15, 0.2) is 0 Å². The number of rotatable bonds is 6. The first kappa shape index (κ1) is 12.8. The molecule has 90 valence electrons. The second-order valence-corrected chi connectivity index (χ2v) is 3.88. The molecule has 3 nitrogen and oxygen atoms in total. The third-order valence-electron chi connectivity index (χ3n) is 2.76. The standard InChI is InChI=1S/C13H22N2O/c1-5-11-6-7-13(16-4)12(10-11)15(3)9-8-14-2/h6-7,10,14H,5,8-9H2,1-4H3. The molecule has 0 unspecified atom stereocenters. The van der Waals surface area contributed by atoms with Gasteiger partial charge < -0.3 is 15.0 Å². The van der Waals surface area contributed by atoms with Crippen LogP contribution in [0.15, 0.2) is 18.2 Å². The molecule has 3 heteroatoms. The van der Waals surface area contributed by atoms with Gasteiger partial charge in [0, 0.05) is 20.1 Å². The molecular weight excluding hydrogens is 200 g/mol. The van der Waals surface area contributed by atoms with E-state index in [2.05, 4.69) is 36.3 Å². The second-order valence-electron chi connectivity index (χ2n) is 3.88. The largest absolute Gasteiger partial charge is 0.495 e. The van der Waals surface area contributed by atoms with Crippen LogP contribution in [0.5, 0.6) is 5.75 Å². The van der Waals surface area contributed by atoms with Crippen molar-refractivity contribution in [2.24, 2.45) is 0 Å². The minimum atomic E-state index is 0.941. The van der Waals surface area contributed by atoms with Crippen LogP contribution >= 0.6 is 0 Å². The van der Waals surface area contributed by atoms with Crippen LogP contribution in [-0.2, 0) is 6.42 Å². The molecule has 0 amide bonds. The molecule has 0 saturated carbocycles. The van der Waals surface area contributed by atoms with Gasteiger partial charge in [0.25, 0.3) is 0 Å². The first-order valence-corrected chi connectivity index (χ1v) is 5.75. The van der Waals surface area contributed by atoms with E-state index in [0.717, 1.165) is 30.9 Å². The van der Waals surface area contributed by atoms with Crippen LogP contribution in [0, 0.1) is 0 Å². The Morgan fingerprint density at radius 2 is 2.12 bits per heavy atom. The van der Waals surface area contributed by atoms with Crippen LogP contribution in [0.3, 0.4) is 0 Å². The topological polar surface area (TPSA) is 24.5 Å². The Balaban J connectivity index is 2.89. The summed E-state index contributed by atoms with van der Waals surface area (Å²) in [5.74, 6) is 0.941. The molecule has 1 aromatic carbocycles. The highest BCUT2D eigenvalue weighted by Crippen LogP contribution is 2.28. The van der Waals surface area contributed by atoms with Crippen molar-refractivity contribution < 1.29 is 4.74 Å². The molecule has 0 aliphatic heterocycles. The molecule has 1 N–H and O–H groups in total.